The standard InChI is InChI=1S/C21H28N6OS/c1-5-18-22-15-9-6-7-10-16(15)27(18)13-14(2)20(28)26-12-8-11-17(26)19-23-24-21(29-4)25(19)3/h6-7,9-10,14,17H,5,8,11-13H2,1-4H3/t14-,17+/m0/s1. The fourth-order valence-electron chi connectivity index (χ4n) is 4.33. The van der Waals surface area contributed by atoms with E-state index in [1.165, 1.54) is 0 Å². The fraction of sp³-hybridized carbons (Fsp3) is 0.524. The van der Waals surface area contributed by atoms with Crippen LogP contribution in [0, 0.1) is 5.92 Å². The molecule has 1 aromatic carbocycles. The van der Waals surface area contributed by atoms with Crippen LogP contribution >= 0.6 is 11.8 Å². The number of nitrogens with zero attached hydrogens (tertiary/aromatic N) is 6. The summed E-state index contributed by atoms with van der Waals surface area (Å²) in [4.78, 5) is 20.2. The zero-order valence-electron chi connectivity index (χ0n) is 17.5. The molecule has 1 amide bonds. The first kappa shape index (κ1) is 19.9. The van der Waals surface area contributed by atoms with Crippen LogP contribution in [0.2, 0.25) is 0 Å². The molecule has 1 fully saturated rings. The summed E-state index contributed by atoms with van der Waals surface area (Å²) < 4.78 is 4.22. The van der Waals surface area contributed by atoms with Crippen LogP contribution in [0.3, 0.4) is 0 Å². The molecule has 2 aromatic heterocycles. The number of hydrogen-bond donors (Lipinski definition) is 0. The molecule has 0 aliphatic carbocycles. The van der Waals surface area contributed by atoms with Gasteiger partial charge in [-0.05, 0) is 31.2 Å². The van der Waals surface area contributed by atoms with E-state index in [1.807, 2.05) is 47.9 Å². The average molecular weight is 413 g/mol. The smallest absolute Gasteiger partial charge is 0.227 e. The second-order valence-electron chi connectivity index (χ2n) is 7.68. The first-order chi connectivity index (χ1) is 14.0. The number of likely N-dealkylation sites (tertiary alicyclic amines) is 1. The van der Waals surface area contributed by atoms with Crippen LogP contribution < -0.4 is 0 Å². The molecule has 3 heterocycles. The summed E-state index contributed by atoms with van der Waals surface area (Å²) in [5.74, 6) is 1.96. The number of fused-ring (bicyclic) bond motifs is 1. The van der Waals surface area contributed by atoms with Gasteiger partial charge in [-0.1, -0.05) is 37.7 Å². The van der Waals surface area contributed by atoms with Gasteiger partial charge in [-0.2, -0.15) is 0 Å². The van der Waals surface area contributed by atoms with Gasteiger partial charge in [-0.25, -0.2) is 4.98 Å². The molecule has 3 aromatic rings. The number of rotatable bonds is 6. The maximum atomic E-state index is 13.4. The van der Waals surface area contributed by atoms with Gasteiger partial charge in [0.1, 0.15) is 5.82 Å². The summed E-state index contributed by atoms with van der Waals surface area (Å²) in [6.45, 7) is 5.55. The lowest BCUT2D eigenvalue weighted by Crippen LogP contribution is -2.37. The van der Waals surface area contributed by atoms with E-state index in [9.17, 15) is 4.79 Å². The molecular weight excluding hydrogens is 384 g/mol. The van der Waals surface area contributed by atoms with Crippen LogP contribution in [0.4, 0.5) is 0 Å². The Labute approximate surface area is 175 Å². The highest BCUT2D eigenvalue weighted by Crippen LogP contribution is 2.33. The number of imidazole rings is 1. The van der Waals surface area contributed by atoms with E-state index < -0.39 is 0 Å². The van der Waals surface area contributed by atoms with Crippen molar-refractivity contribution in [3.05, 3.63) is 35.9 Å². The predicted octanol–water partition coefficient (Wildman–Crippen LogP) is 3.45. The van der Waals surface area contributed by atoms with E-state index in [-0.39, 0.29) is 17.9 Å². The number of carbonyl (C=O) groups excluding carboxylic acids is 1. The molecule has 29 heavy (non-hydrogen) atoms. The van der Waals surface area contributed by atoms with Gasteiger partial charge in [0, 0.05) is 26.6 Å². The molecule has 1 saturated heterocycles. The Morgan fingerprint density at radius 2 is 2.10 bits per heavy atom. The number of para-hydroxylation sites is 2. The molecule has 0 radical (unpaired) electrons. The molecule has 2 atom stereocenters. The molecule has 4 rings (SSSR count). The van der Waals surface area contributed by atoms with Crippen molar-refractivity contribution in [2.24, 2.45) is 13.0 Å². The van der Waals surface area contributed by atoms with E-state index in [0.29, 0.717) is 6.54 Å². The second kappa shape index (κ2) is 8.18. The molecule has 0 spiro atoms. The normalized spacial score (nSPS) is 17.9. The predicted molar refractivity (Wildman–Crippen MR) is 115 cm³/mol. The minimum atomic E-state index is -0.133. The van der Waals surface area contributed by atoms with Gasteiger partial charge >= 0.3 is 0 Å². The molecule has 154 valence electrons. The summed E-state index contributed by atoms with van der Waals surface area (Å²) in [5.41, 5.74) is 2.09. The SMILES string of the molecule is CCc1nc2ccccc2n1C[C@H](C)C(=O)N1CCC[C@@H]1c1nnc(SC)n1C. The highest BCUT2D eigenvalue weighted by Gasteiger charge is 2.35. The van der Waals surface area contributed by atoms with Gasteiger partial charge in [0.2, 0.25) is 5.91 Å². The third kappa shape index (κ3) is 3.54. The van der Waals surface area contributed by atoms with Gasteiger partial charge in [-0.3, -0.25) is 4.79 Å². The van der Waals surface area contributed by atoms with E-state index >= 15 is 0 Å². The van der Waals surface area contributed by atoms with E-state index in [0.717, 1.165) is 53.6 Å². The van der Waals surface area contributed by atoms with Crippen molar-refractivity contribution in [2.75, 3.05) is 12.8 Å². The number of thioether (sulfide) groups is 1. The van der Waals surface area contributed by atoms with Crippen molar-refractivity contribution in [2.45, 2.75) is 50.9 Å². The van der Waals surface area contributed by atoms with Gasteiger partial charge in [-0.15, -0.1) is 10.2 Å². The molecule has 1 aliphatic rings. The van der Waals surface area contributed by atoms with Crippen LogP contribution in [0.1, 0.15) is 44.4 Å². The Bertz CT molecular complexity index is 1030. The monoisotopic (exact) mass is 412 g/mol. The lowest BCUT2D eigenvalue weighted by molar-refractivity contribution is -0.136. The number of aryl methyl sites for hydroxylation is 1. The van der Waals surface area contributed by atoms with Crippen LogP contribution in [0.25, 0.3) is 11.0 Å². The Morgan fingerprint density at radius 1 is 1.31 bits per heavy atom. The largest absolute Gasteiger partial charge is 0.332 e. The summed E-state index contributed by atoms with van der Waals surface area (Å²) >= 11 is 1.57. The molecule has 8 heteroatoms. The Kier molecular flexibility index (Phi) is 5.63. The van der Waals surface area contributed by atoms with Crippen molar-refractivity contribution in [1.82, 2.24) is 29.2 Å². The van der Waals surface area contributed by atoms with E-state index in [4.69, 9.17) is 4.98 Å². The summed E-state index contributed by atoms with van der Waals surface area (Å²) in [7, 11) is 1.98. The molecule has 7 nitrogen and oxygen atoms in total. The summed E-state index contributed by atoms with van der Waals surface area (Å²) in [5, 5.41) is 9.53. The third-order valence-corrected chi connectivity index (χ3v) is 6.53. The van der Waals surface area contributed by atoms with Crippen molar-refractivity contribution >= 4 is 28.7 Å². The number of carbonyl (C=O) groups is 1. The number of benzene rings is 1. The molecule has 0 unspecified atom stereocenters. The van der Waals surface area contributed by atoms with Gasteiger partial charge in [0.15, 0.2) is 11.0 Å². The van der Waals surface area contributed by atoms with Gasteiger partial charge < -0.3 is 14.0 Å². The third-order valence-electron chi connectivity index (χ3n) is 5.81. The molecule has 0 saturated carbocycles. The minimum absolute atomic E-state index is 0.00790. The number of amides is 1. The zero-order chi connectivity index (χ0) is 20.5. The van der Waals surface area contributed by atoms with Crippen LogP contribution in [0.15, 0.2) is 29.4 Å². The van der Waals surface area contributed by atoms with Crippen molar-refractivity contribution in [3.63, 3.8) is 0 Å². The zero-order valence-corrected chi connectivity index (χ0v) is 18.3. The molecule has 0 N–H and O–H groups in total. The first-order valence-electron chi connectivity index (χ1n) is 10.2. The Hall–Kier alpha value is -2.35. The lowest BCUT2D eigenvalue weighted by Gasteiger charge is -2.27. The molecule has 0 bridgehead atoms. The first-order valence-corrected chi connectivity index (χ1v) is 11.5. The average Bonchev–Trinajstić information content (AvgIpc) is 3.44. The lowest BCUT2D eigenvalue weighted by atomic mass is 10.1. The highest BCUT2D eigenvalue weighted by atomic mass is 32.2. The maximum absolute atomic E-state index is 13.4. The second-order valence-corrected chi connectivity index (χ2v) is 8.45. The highest BCUT2D eigenvalue weighted by molar-refractivity contribution is 7.98. The van der Waals surface area contributed by atoms with Gasteiger partial charge in [0.25, 0.3) is 0 Å². The van der Waals surface area contributed by atoms with Crippen LogP contribution in [-0.2, 0) is 24.8 Å². The Balaban J connectivity index is 1.57. The van der Waals surface area contributed by atoms with Crippen molar-refractivity contribution in [3.8, 4) is 0 Å². The maximum Gasteiger partial charge on any atom is 0.227 e. The number of aromatic nitrogens is 5. The number of hydrogen-bond acceptors (Lipinski definition) is 5. The molecular formula is C21H28N6OS. The van der Waals surface area contributed by atoms with Crippen LogP contribution in [0.5, 0.6) is 0 Å². The van der Waals surface area contributed by atoms with E-state index in [1.54, 1.807) is 11.8 Å². The van der Waals surface area contributed by atoms with Gasteiger partial charge in [0.05, 0.1) is 23.0 Å². The Morgan fingerprint density at radius 3 is 2.83 bits per heavy atom. The van der Waals surface area contributed by atoms with Crippen LogP contribution in [-0.4, -0.2) is 47.9 Å². The fourth-order valence-corrected chi connectivity index (χ4v) is 4.82. The summed E-state index contributed by atoms with van der Waals surface area (Å²) in [6.07, 6.45) is 4.78. The molecule has 1 aliphatic heterocycles. The van der Waals surface area contributed by atoms with Crippen molar-refractivity contribution < 1.29 is 4.79 Å². The topological polar surface area (TPSA) is 68.8 Å². The van der Waals surface area contributed by atoms with E-state index in [2.05, 4.69) is 27.8 Å². The summed E-state index contributed by atoms with van der Waals surface area (Å²) in [6, 6.07) is 8.16. The quantitative estimate of drug-likeness (QED) is 0.580. The van der Waals surface area contributed by atoms with Crippen molar-refractivity contribution in [1.29, 1.82) is 0 Å². The minimum Gasteiger partial charge on any atom is -0.332 e.